The number of benzene rings is 1. The lowest BCUT2D eigenvalue weighted by Crippen LogP contribution is -2.21. The Labute approximate surface area is 114 Å². The number of carbonyl (C=O) groups is 1. The number of carboxylic acids is 1. The topological polar surface area (TPSA) is 58.6 Å². The number of hydrogen-bond acceptors (Lipinski definition) is 3. The van der Waals surface area contributed by atoms with Gasteiger partial charge >= 0.3 is 5.97 Å². The van der Waals surface area contributed by atoms with E-state index in [-0.39, 0.29) is 12.5 Å². The third-order valence-corrected chi connectivity index (χ3v) is 3.34. The summed E-state index contributed by atoms with van der Waals surface area (Å²) in [5.74, 6) is 0.388. The molecule has 1 atom stereocenters. The first-order valence-electron chi connectivity index (χ1n) is 6.48. The number of aliphatic carboxylic acids is 1. The van der Waals surface area contributed by atoms with E-state index in [1.54, 1.807) is 14.2 Å². The minimum Gasteiger partial charge on any atom is -0.496 e. The van der Waals surface area contributed by atoms with Crippen LogP contribution in [0.15, 0.2) is 12.1 Å². The lowest BCUT2D eigenvalue weighted by molar-refractivity contribution is -0.137. The van der Waals surface area contributed by atoms with Crippen LogP contribution in [0.1, 0.15) is 48.9 Å². The summed E-state index contributed by atoms with van der Waals surface area (Å²) < 4.78 is 5.40. The molecule has 0 aliphatic carbocycles. The molecular weight excluding hydrogens is 242 g/mol. The van der Waals surface area contributed by atoms with Crippen molar-refractivity contribution in [2.45, 2.75) is 39.2 Å². The molecule has 1 aromatic carbocycles. The molecular formula is C15H23NO3. The Morgan fingerprint density at radius 1 is 1.37 bits per heavy atom. The largest absolute Gasteiger partial charge is 0.496 e. The Hall–Kier alpha value is -1.55. The van der Waals surface area contributed by atoms with Crippen LogP contribution in [0.25, 0.3) is 0 Å². The second kappa shape index (κ2) is 6.57. The van der Waals surface area contributed by atoms with Crippen LogP contribution in [0.2, 0.25) is 0 Å². The maximum absolute atomic E-state index is 10.9. The van der Waals surface area contributed by atoms with Gasteiger partial charge in [0.2, 0.25) is 0 Å². The molecule has 0 fully saturated rings. The highest BCUT2D eigenvalue weighted by Gasteiger charge is 2.19. The number of ether oxygens (including phenoxy) is 1. The molecule has 0 bridgehead atoms. The number of nitrogens with one attached hydrogen (secondary N) is 1. The molecule has 1 aromatic rings. The molecule has 19 heavy (non-hydrogen) atoms. The fraction of sp³-hybridized carbons (Fsp3) is 0.533. The van der Waals surface area contributed by atoms with E-state index >= 15 is 0 Å². The van der Waals surface area contributed by atoms with Crippen LogP contribution in [0.3, 0.4) is 0 Å². The molecule has 106 valence electrons. The average molecular weight is 265 g/mol. The van der Waals surface area contributed by atoms with Crippen LogP contribution in [0.4, 0.5) is 0 Å². The lowest BCUT2D eigenvalue weighted by atomic mass is 9.92. The second-order valence-corrected chi connectivity index (χ2v) is 5.04. The summed E-state index contributed by atoms with van der Waals surface area (Å²) in [6.07, 6.45) is 0.0706. The quantitative estimate of drug-likeness (QED) is 0.830. The van der Waals surface area contributed by atoms with Crippen LogP contribution in [-0.2, 0) is 4.79 Å². The van der Waals surface area contributed by atoms with Gasteiger partial charge in [-0.25, -0.2) is 0 Å². The fourth-order valence-corrected chi connectivity index (χ4v) is 2.26. The molecule has 0 aromatic heterocycles. The van der Waals surface area contributed by atoms with Gasteiger partial charge in [0.1, 0.15) is 5.75 Å². The van der Waals surface area contributed by atoms with Gasteiger partial charge in [-0.05, 0) is 42.6 Å². The van der Waals surface area contributed by atoms with Crippen molar-refractivity contribution in [1.29, 1.82) is 0 Å². The Balaban J connectivity index is 3.26. The van der Waals surface area contributed by atoms with E-state index in [0.717, 1.165) is 22.4 Å². The summed E-state index contributed by atoms with van der Waals surface area (Å²) in [5.41, 5.74) is 3.17. The smallest absolute Gasteiger partial charge is 0.305 e. The predicted molar refractivity (Wildman–Crippen MR) is 75.9 cm³/mol. The van der Waals surface area contributed by atoms with E-state index in [1.807, 2.05) is 13.0 Å². The number of hydrogen-bond donors (Lipinski definition) is 2. The highest BCUT2D eigenvalue weighted by molar-refractivity contribution is 5.68. The SMILES string of the molecule is CNC(CC(=O)O)c1cc(C(C)C)c(OC)cc1C. The molecule has 4 nitrogen and oxygen atoms in total. The van der Waals surface area contributed by atoms with Crippen molar-refractivity contribution < 1.29 is 14.6 Å². The Bertz CT molecular complexity index is 455. The number of aryl methyl sites for hydroxylation is 1. The molecule has 0 radical (unpaired) electrons. The van der Waals surface area contributed by atoms with E-state index < -0.39 is 5.97 Å². The van der Waals surface area contributed by atoms with Gasteiger partial charge in [-0.2, -0.15) is 0 Å². The predicted octanol–water partition coefficient (Wildman–Crippen LogP) is 2.86. The zero-order valence-corrected chi connectivity index (χ0v) is 12.3. The standard InChI is InChI=1S/C15H23NO3/c1-9(2)11-7-12(10(3)6-14(11)19-5)13(16-4)8-15(17)18/h6-7,9,13,16H,8H2,1-5H3,(H,17,18). The first-order chi connectivity index (χ1) is 8.90. The summed E-state index contributed by atoms with van der Waals surface area (Å²) in [4.78, 5) is 10.9. The molecule has 1 unspecified atom stereocenters. The number of rotatable bonds is 6. The van der Waals surface area contributed by atoms with Gasteiger partial charge in [-0.3, -0.25) is 4.79 Å². The highest BCUT2D eigenvalue weighted by Crippen LogP contribution is 2.32. The Morgan fingerprint density at radius 2 is 2.00 bits per heavy atom. The molecule has 1 rings (SSSR count). The van der Waals surface area contributed by atoms with Crippen molar-refractivity contribution in [3.8, 4) is 5.75 Å². The Morgan fingerprint density at radius 3 is 2.42 bits per heavy atom. The summed E-state index contributed by atoms with van der Waals surface area (Å²) in [6, 6.07) is 3.86. The van der Waals surface area contributed by atoms with Crippen molar-refractivity contribution in [2.24, 2.45) is 0 Å². The first kappa shape index (κ1) is 15.5. The van der Waals surface area contributed by atoms with Crippen molar-refractivity contribution in [2.75, 3.05) is 14.2 Å². The summed E-state index contributed by atoms with van der Waals surface area (Å²) in [6.45, 7) is 6.18. The molecule has 0 heterocycles. The minimum absolute atomic E-state index is 0.0706. The van der Waals surface area contributed by atoms with Crippen molar-refractivity contribution in [1.82, 2.24) is 5.32 Å². The van der Waals surface area contributed by atoms with Crippen LogP contribution in [-0.4, -0.2) is 25.2 Å². The average Bonchev–Trinajstić information content (AvgIpc) is 2.35. The summed E-state index contributed by atoms with van der Waals surface area (Å²) >= 11 is 0. The van der Waals surface area contributed by atoms with E-state index in [0.29, 0.717) is 5.92 Å². The van der Waals surface area contributed by atoms with Gasteiger partial charge in [-0.15, -0.1) is 0 Å². The third kappa shape index (κ3) is 3.70. The van der Waals surface area contributed by atoms with Crippen LogP contribution in [0.5, 0.6) is 5.75 Å². The Kier molecular flexibility index (Phi) is 5.36. The van der Waals surface area contributed by atoms with Gasteiger partial charge in [0.25, 0.3) is 0 Å². The van der Waals surface area contributed by atoms with Gasteiger partial charge in [0, 0.05) is 6.04 Å². The van der Waals surface area contributed by atoms with Crippen molar-refractivity contribution in [3.05, 3.63) is 28.8 Å². The highest BCUT2D eigenvalue weighted by atomic mass is 16.5. The van der Waals surface area contributed by atoms with E-state index in [1.165, 1.54) is 0 Å². The zero-order chi connectivity index (χ0) is 14.6. The number of carboxylic acid groups (broad SMARTS) is 1. The van der Waals surface area contributed by atoms with Gasteiger partial charge in [0.15, 0.2) is 0 Å². The van der Waals surface area contributed by atoms with E-state index in [2.05, 4.69) is 25.2 Å². The van der Waals surface area contributed by atoms with Crippen LogP contribution in [0, 0.1) is 6.92 Å². The van der Waals surface area contributed by atoms with Crippen LogP contribution >= 0.6 is 0 Å². The van der Waals surface area contributed by atoms with Crippen LogP contribution < -0.4 is 10.1 Å². The normalized spacial score (nSPS) is 12.5. The van der Waals surface area contributed by atoms with Gasteiger partial charge < -0.3 is 15.2 Å². The molecule has 0 amide bonds. The first-order valence-corrected chi connectivity index (χ1v) is 6.48. The second-order valence-electron chi connectivity index (χ2n) is 5.04. The molecule has 0 aliphatic rings. The molecule has 2 N–H and O–H groups in total. The molecule has 0 spiro atoms. The molecule has 0 saturated carbocycles. The fourth-order valence-electron chi connectivity index (χ4n) is 2.26. The monoisotopic (exact) mass is 265 g/mol. The molecule has 0 aliphatic heterocycles. The molecule has 0 saturated heterocycles. The maximum Gasteiger partial charge on any atom is 0.305 e. The van der Waals surface area contributed by atoms with Gasteiger partial charge in [-0.1, -0.05) is 19.9 Å². The minimum atomic E-state index is -0.805. The van der Waals surface area contributed by atoms with Crippen molar-refractivity contribution in [3.63, 3.8) is 0 Å². The molecule has 4 heteroatoms. The van der Waals surface area contributed by atoms with E-state index in [9.17, 15) is 4.79 Å². The summed E-state index contributed by atoms with van der Waals surface area (Å²) in [5, 5.41) is 12.1. The van der Waals surface area contributed by atoms with Gasteiger partial charge in [0.05, 0.1) is 13.5 Å². The zero-order valence-electron chi connectivity index (χ0n) is 12.3. The maximum atomic E-state index is 10.9. The summed E-state index contributed by atoms with van der Waals surface area (Å²) in [7, 11) is 3.44. The lowest BCUT2D eigenvalue weighted by Gasteiger charge is -2.21. The third-order valence-electron chi connectivity index (χ3n) is 3.34. The van der Waals surface area contributed by atoms with Crippen molar-refractivity contribution >= 4 is 5.97 Å². The number of methoxy groups -OCH3 is 1. The van der Waals surface area contributed by atoms with E-state index in [4.69, 9.17) is 9.84 Å².